The molecule has 5 heteroatoms. The number of carbonyl (C=O) groups excluding carboxylic acids is 1. The number of benzene rings is 1. The molecule has 0 aliphatic carbocycles. The van der Waals surface area contributed by atoms with Crippen LogP contribution in [0.1, 0.15) is 19.4 Å². The van der Waals surface area contributed by atoms with Crippen LogP contribution in [0, 0.1) is 0 Å². The van der Waals surface area contributed by atoms with Gasteiger partial charge in [0.05, 0.1) is 12.6 Å². The van der Waals surface area contributed by atoms with E-state index in [1.165, 1.54) is 5.56 Å². The van der Waals surface area contributed by atoms with Gasteiger partial charge in [-0.3, -0.25) is 0 Å². The zero-order valence-electron chi connectivity index (χ0n) is 12.5. The summed E-state index contributed by atoms with van der Waals surface area (Å²) in [5.41, 5.74) is 1.25. The second-order valence-corrected chi connectivity index (χ2v) is 5.28. The Bertz CT molecular complexity index is 397. The fourth-order valence-electron chi connectivity index (χ4n) is 2.01. The van der Waals surface area contributed by atoms with Crippen LogP contribution in [0.15, 0.2) is 30.3 Å². The lowest BCUT2D eigenvalue weighted by Gasteiger charge is -2.23. The Morgan fingerprint density at radius 1 is 1.20 bits per heavy atom. The number of nitrogens with one attached hydrogen (secondary N) is 2. The zero-order valence-corrected chi connectivity index (χ0v) is 12.5. The number of hydrogen-bond acceptors (Lipinski definition) is 3. The van der Waals surface area contributed by atoms with Crippen molar-refractivity contribution >= 4 is 6.03 Å². The van der Waals surface area contributed by atoms with Gasteiger partial charge in [-0.1, -0.05) is 30.3 Å². The molecule has 1 unspecified atom stereocenters. The van der Waals surface area contributed by atoms with Crippen LogP contribution >= 0.6 is 0 Å². The molecule has 0 saturated carbocycles. The van der Waals surface area contributed by atoms with E-state index in [0.717, 1.165) is 13.1 Å². The highest BCUT2D eigenvalue weighted by molar-refractivity contribution is 5.74. The van der Waals surface area contributed by atoms with Gasteiger partial charge in [0.25, 0.3) is 0 Å². The van der Waals surface area contributed by atoms with E-state index in [2.05, 4.69) is 27.7 Å². The molecule has 0 radical (unpaired) electrons. The molecule has 0 aromatic heterocycles. The quantitative estimate of drug-likeness (QED) is 0.702. The fraction of sp³-hybridized carbons (Fsp3) is 0.533. The number of hydrogen-bond donors (Lipinski definition) is 3. The van der Waals surface area contributed by atoms with E-state index >= 15 is 0 Å². The van der Waals surface area contributed by atoms with E-state index in [4.69, 9.17) is 5.11 Å². The molecule has 1 aromatic carbocycles. The maximum Gasteiger partial charge on any atom is 0.315 e. The largest absolute Gasteiger partial charge is 0.394 e. The lowest BCUT2D eigenvalue weighted by Crippen LogP contribution is -2.48. The van der Waals surface area contributed by atoms with Crippen molar-refractivity contribution in [1.82, 2.24) is 15.5 Å². The van der Waals surface area contributed by atoms with Gasteiger partial charge in [-0.25, -0.2) is 4.79 Å². The minimum absolute atomic E-state index is 0.0367. The summed E-state index contributed by atoms with van der Waals surface area (Å²) in [7, 11) is 2.03. The van der Waals surface area contributed by atoms with Gasteiger partial charge in [0.1, 0.15) is 0 Å². The minimum atomic E-state index is -0.243. The van der Waals surface area contributed by atoms with Crippen molar-refractivity contribution in [2.45, 2.75) is 32.5 Å². The molecule has 0 aliphatic heterocycles. The number of nitrogens with zero attached hydrogens (tertiary/aromatic N) is 1. The van der Waals surface area contributed by atoms with Crippen LogP contribution in [-0.2, 0) is 6.54 Å². The fourth-order valence-corrected chi connectivity index (χ4v) is 2.01. The van der Waals surface area contributed by atoms with Crippen molar-refractivity contribution in [2.24, 2.45) is 0 Å². The van der Waals surface area contributed by atoms with Gasteiger partial charge < -0.3 is 20.6 Å². The van der Waals surface area contributed by atoms with Crippen molar-refractivity contribution < 1.29 is 9.90 Å². The number of carbonyl (C=O) groups is 1. The second kappa shape index (κ2) is 8.55. The van der Waals surface area contributed by atoms with Gasteiger partial charge in [0, 0.05) is 19.1 Å². The van der Waals surface area contributed by atoms with Crippen molar-refractivity contribution in [3.05, 3.63) is 35.9 Å². The number of amides is 2. The van der Waals surface area contributed by atoms with Gasteiger partial charge >= 0.3 is 6.03 Å². The summed E-state index contributed by atoms with van der Waals surface area (Å²) in [5, 5.41) is 14.4. The summed E-state index contributed by atoms with van der Waals surface area (Å²) in [6, 6.07) is 9.78. The van der Waals surface area contributed by atoms with Crippen LogP contribution < -0.4 is 10.6 Å². The predicted octanol–water partition coefficient (Wildman–Crippen LogP) is 1.19. The highest BCUT2D eigenvalue weighted by Gasteiger charge is 2.11. The molecule has 5 nitrogen and oxygen atoms in total. The Hall–Kier alpha value is -1.59. The molecular weight excluding hydrogens is 254 g/mol. The zero-order chi connectivity index (χ0) is 15.0. The van der Waals surface area contributed by atoms with Crippen LogP contribution in [0.2, 0.25) is 0 Å². The first kappa shape index (κ1) is 16.5. The van der Waals surface area contributed by atoms with Gasteiger partial charge in [0.2, 0.25) is 0 Å². The van der Waals surface area contributed by atoms with Crippen LogP contribution in [0.5, 0.6) is 0 Å². The second-order valence-electron chi connectivity index (χ2n) is 5.28. The third-order valence-electron chi connectivity index (χ3n) is 2.91. The van der Waals surface area contributed by atoms with Crippen molar-refractivity contribution in [3.63, 3.8) is 0 Å². The molecule has 0 saturated heterocycles. The Kier molecular flexibility index (Phi) is 7.04. The number of aliphatic hydroxyl groups is 1. The molecule has 1 aromatic rings. The summed E-state index contributed by atoms with van der Waals surface area (Å²) in [6.07, 6.45) is 0. The molecule has 2 amide bonds. The highest BCUT2D eigenvalue weighted by atomic mass is 16.3. The number of likely N-dealkylation sites (N-methyl/N-ethyl adjacent to an activating group) is 1. The molecule has 0 fully saturated rings. The monoisotopic (exact) mass is 279 g/mol. The van der Waals surface area contributed by atoms with E-state index in [-0.39, 0.29) is 24.7 Å². The van der Waals surface area contributed by atoms with Gasteiger partial charge in [-0.2, -0.15) is 0 Å². The Balaban J connectivity index is 2.31. The first-order valence-corrected chi connectivity index (χ1v) is 6.91. The topological polar surface area (TPSA) is 64.6 Å². The molecule has 0 spiro atoms. The maximum absolute atomic E-state index is 11.6. The average molecular weight is 279 g/mol. The van der Waals surface area contributed by atoms with Crippen LogP contribution in [0.4, 0.5) is 4.79 Å². The van der Waals surface area contributed by atoms with Gasteiger partial charge in [0.15, 0.2) is 0 Å². The number of urea groups is 1. The standard InChI is InChI=1S/C15H25N3O2/c1-12(16-15(20)17-13(2)11-19)9-18(3)10-14-7-5-4-6-8-14/h4-8,12-13,19H,9-11H2,1-3H3,(H2,16,17,20)/t12?,13-/m0/s1. The van der Waals surface area contributed by atoms with E-state index in [1.54, 1.807) is 6.92 Å². The van der Waals surface area contributed by atoms with E-state index in [9.17, 15) is 4.79 Å². The summed E-state index contributed by atoms with van der Waals surface area (Å²) < 4.78 is 0. The minimum Gasteiger partial charge on any atom is -0.394 e. The molecule has 2 atom stereocenters. The summed E-state index contributed by atoms with van der Waals surface area (Å²) in [6.45, 7) is 5.27. The van der Waals surface area contributed by atoms with Gasteiger partial charge in [-0.15, -0.1) is 0 Å². The van der Waals surface area contributed by atoms with Crippen LogP contribution in [0.3, 0.4) is 0 Å². The Morgan fingerprint density at radius 3 is 2.40 bits per heavy atom. The first-order chi connectivity index (χ1) is 9.51. The van der Waals surface area contributed by atoms with Crippen LogP contribution in [0.25, 0.3) is 0 Å². The molecule has 112 valence electrons. The third kappa shape index (κ3) is 6.54. The molecular formula is C15H25N3O2. The SMILES string of the molecule is CC(CN(C)Cc1ccccc1)NC(=O)N[C@@H](C)CO. The average Bonchev–Trinajstić information content (AvgIpc) is 2.38. The van der Waals surface area contributed by atoms with Gasteiger partial charge in [-0.05, 0) is 26.5 Å². The highest BCUT2D eigenvalue weighted by Crippen LogP contribution is 2.02. The van der Waals surface area contributed by atoms with E-state index in [0.29, 0.717) is 0 Å². The summed E-state index contributed by atoms with van der Waals surface area (Å²) in [5.74, 6) is 0. The Morgan fingerprint density at radius 2 is 1.80 bits per heavy atom. The van der Waals surface area contributed by atoms with Crippen LogP contribution in [-0.4, -0.2) is 48.3 Å². The lowest BCUT2D eigenvalue weighted by molar-refractivity contribution is 0.213. The molecule has 0 heterocycles. The normalized spacial score (nSPS) is 13.8. The summed E-state index contributed by atoms with van der Waals surface area (Å²) >= 11 is 0. The summed E-state index contributed by atoms with van der Waals surface area (Å²) in [4.78, 5) is 13.8. The van der Waals surface area contributed by atoms with E-state index < -0.39 is 0 Å². The smallest absolute Gasteiger partial charge is 0.315 e. The maximum atomic E-state index is 11.6. The first-order valence-electron chi connectivity index (χ1n) is 6.91. The van der Waals surface area contributed by atoms with E-state index in [1.807, 2.05) is 32.2 Å². The van der Waals surface area contributed by atoms with Crippen molar-refractivity contribution in [1.29, 1.82) is 0 Å². The number of rotatable bonds is 7. The third-order valence-corrected chi connectivity index (χ3v) is 2.91. The molecule has 20 heavy (non-hydrogen) atoms. The molecule has 0 aliphatic rings. The number of aliphatic hydroxyl groups excluding tert-OH is 1. The Labute approximate surface area is 121 Å². The molecule has 0 bridgehead atoms. The molecule has 1 rings (SSSR count). The predicted molar refractivity (Wildman–Crippen MR) is 80.5 cm³/mol. The lowest BCUT2D eigenvalue weighted by atomic mass is 10.2. The van der Waals surface area contributed by atoms with Crippen molar-refractivity contribution in [2.75, 3.05) is 20.2 Å². The van der Waals surface area contributed by atoms with Crippen molar-refractivity contribution in [3.8, 4) is 0 Å². The molecule has 3 N–H and O–H groups in total.